The van der Waals surface area contributed by atoms with Gasteiger partial charge in [-0.1, -0.05) is 6.07 Å². The van der Waals surface area contributed by atoms with Crippen LogP contribution < -0.4 is 10.6 Å². The highest BCUT2D eigenvalue weighted by molar-refractivity contribution is 5.33. The van der Waals surface area contributed by atoms with Gasteiger partial charge in [-0.3, -0.25) is 0 Å². The molecule has 0 radical (unpaired) electrons. The second-order valence-electron chi connectivity index (χ2n) is 4.78. The van der Waals surface area contributed by atoms with Crippen LogP contribution in [0.4, 0.5) is 4.39 Å². The molecule has 0 spiro atoms. The highest BCUT2D eigenvalue weighted by Gasteiger charge is 2.24. The normalized spacial score (nSPS) is 24.2. The van der Waals surface area contributed by atoms with Crippen molar-refractivity contribution in [3.63, 3.8) is 0 Å². The monoisotopic (exact) mass is 220 g/mol. The molecule has 1 aliphatic heterocycles. The van der Waals surface area contributed by atoms with Gasteiger partial charge in [0.05, 0.1) is 0 Å². The van der Waals surface area contributed by atoms with E-state index in [0.29, 0.717) is 6.04 Å². The largest absolute Gasteiger partial charge is 0.312 e. The Hall–Kier alpha value is -0.930. The minimum absolute atomic E-state index is 0.126. The van der Waals surface area contributed by atoms with Crippen molar-refractivity contribution in [2.45, 2.75) is 31.3 Å². The van der Waals surface area contributed by atoms with E-state index in [1.165, 1.54) is 18.4 Å². The van der Waals surface area contributed by atoms with E-state index in [0.717, 1.165) is 25.1 Å². The van der Waals surface area contributed by atoms with E-state index in [9.17, 15) is 4.39 Å². The lowest BCUT2D eigenvalue weighted by Gasteiger charge is -2.27. The molecule has 1 unspecified atom stereocenters. The predicted octanol–water partition coefficient (Wildman–Crippen LogP) is 1.76. The molecule has 0 aromatic heterocycles. The molecule has 1 atom stereocenters. The maximum atomic E-state index is 13.2. The average Bonchev–Trinajstić information content (AvgIpc) is 3.10. The van der Waals surface area contributed by atoms with Crippen molar-refractivity contribution < 1.29 is 4.39 Å². The molecule has 2 aliphatic rings. The first-order chi connectivity index (χ1) is 7.83. The van der Waals surface area contributed by atoms with Gasteiger partial charge >= 0.3 is 0 Å². The van der Waals surface area contributed by atoms with Gasteiger partial charge < -0.3 is 10.6 Å². The van der Waals surface area contributed by atoms with E-state index in [1.54, 1.807) is 12.1 Å². The van der Waals surface area contributed by atoms with Crippen molar-refractivity contribution in [1.29, 1.82) is 0 Å². The Morgan fingerprint density at radius 3 is 3.06 bits per heavy atom. The van der Waals surface area contributed by atoms with Gasteiger partial charge in [0.25, 0.3) is 0 Å². The van der Waals surface area contributed by atoms with Crippen molar-refractivity contribution in [2.24, 2.45) is 0 Å². The first-order valence-corrected chi connectivity index (χ1v) is 6.08. The molecule has 0 bridgehead atoms. The van der Waals surface area contributed by atoms with Crippen LogP contribution in [-0.2, 0) is 6.42 Å². The van der Waals surface area contributed by atoms with Crippen LogP contribution in [0.25, 0.3) is 0 Å². The van der Waals surface area contributed by atoms with Crippen LogP contribution in [0.5, 0.6) is 0 Å². The Labute approximate surface area is 95.2 Å². The van der Waals surface area contributed by atoms with E-state index in [-0.39, 0.29) is 11.9 Å². The second kappa shape index (κ2) is 4.15. The number of nitrogens with one attached hydrogen (secondary N) is 2. The van der Waals surface area contributed by atoms with Crippen LogP contribution in [0.1, 0.15) is 30.0 Å². The summed E-state index contributed by atoms with van der Waals surface area (Å²) in [6.45, 7) is 1.91. The molecule has 16 heavy (non-hydrogen) atoms. The van der Waals surface area contributed by atoms with E-state index < -0.39 is 0 Å². The van der Waals surface area contributed by atoms with Gasteiger partial charge in [0, 0.05) is 18.6 Å². The number of rotatable bonds is 3. The predicted molar refractivity (Wildman–Crippen MR) is 61.9 cm³/mol. The smallest absolute Gasteiger partial charge is 0.123 e. The minimum atomic E-state index is -0.126. The fraction of sp³-hybridized carbons (Fsp3) is 0.538. The Bertz CT molecular complexity index is 388. The zero-order valence-electron chi connectivity index (χ0n) is 9.30. The van der Waals surface area contributed by atoms with Crippen LogP contribution >= 0.6 is 0 Å². The molecule has 0 amide bonds. The average molecular weight is 220 g/mol. The molecule has 2 nitrogen and oxygen atoms in total. The van der Waals surface area contributed by atoms with Crippen LogP contribution in [0.15, 0.2) is 18.2 Å². The van der Waals surface area contributed by atoms with Crippen molar-refractivity contribution >= 4 is 0 Å². The maximum absolute atomic E-state index is 13.2. The zero-order valence-corrected chi connectivity index (χ0v) is 9.30. The molecule has 1 aromatic rings. The van der Waals surface area contributed by atoms with E-state index in [2.05, 4.69) is 10.6 Å². The number of fused-ring (bicyclic) bond motifs is 1. The zero-order chi connectivity index (χ0) is 11.0. The number of hydrogen-bond acceptors (Lipinski definition) is 2. The Morgan fingerprint density at radius 1 is 1.38 bits per heavy atom. The van der Waals surface area contributed by atoms with E-state index in [4.69, 9.17) is 0 Å². The second-order valence-corrected chi connectivity index (χ2v) is 4.78. The Morgan fingerprint density at radius 2 is 2.25 bits per heavy atom. The van der Waals surface area contributed by atoms with Gasteiger partial charge in [-0.2, -0.15) is 0 Å². The Balaban J connectivity index is 1.77. The third-order valence-electron chi connectivity index (χ3n) is 3.46. The van der Waals surface area contributed by atoms with Gasteiger partial charge in [-0.05, 0) is 49.1 Å². The molecule has 1 fully saturated rings. The molecule has 3 rings (SSSR count). The van der Waals surface area contributed by atoms with Crippen LogP contribution in [0.2, 0.25) is 0 Å². The summed E-state index contributed by atoms with van der Waals surface area (Å²) >= 11 is 0. The van der Waals surface area contributed by atoms with E-state index in [1.807, 2.05) is 6.07 Å². The summed E-state index contributed by atoms with van der Waals surface area (Å²) in [6.07, 6.45) is 3.60. The lowest BCUT2D eigenvalue weighted by atomic mass is 9.94. The maximum Gasteiger partial charge on any atom is 0.123 e. The summed E-state index contributed by atoms with van der Waals surface area (Å²) in [5.41, 5.74) is 2.43. The van der Waals surface area contributed by atoms with Crippen LogP contribution in [0, 0.1) is 5.82 Å². The lowest BCUT2D eigenvalue weighted by molar-refractivity contribution is 0.464. The highest BCUT2D eigenvalue weighted by Crippen LogP contribution is 2.25. The molecular weight excluding hydrogens is 203 g/mol. The molecule has 1 saturated carbocycles. The third kappa shape index (κ3) is 2.11. The molecule has 86 valence electrons. The quantitative estimate of drug-likeness (QED) is 0.811. The summed E-state index contributed by atoms with van der Waals surface area (Å²) in [6, 6.07) is 6.16. The number of hydrogen-bond donors (Lipinski definition) is 2. The highest BCUT2D eigenvalue weighted by atomic mass is 19.1. The summed E-state index contributed by atoms with van der Waals surface area (Å²) < 4.78 is 13.2. The number of halogens is 1. The first-order valence-electron chi connectivity index (χ1n) is 6.08. The lowest BCUT2D eigenvalue weighted by Crippen LogP contribution is -2.37. The van der Waals surface area contributed by atoms with Crippen LogP contribution in [-0.4, -0.2) is 19.1 Å². The molecule has 0 saturated heterocycles. The molecule has 3 heteroatoms. The summed E-state index contributed by atoms with van der Waals surface area (Å²) in [5.74, 6) is -0.126. The van der Waals surface area contributed by atoms with Crippen molar-refractivity contribution in [3.8, 4) is 0 Å². The van der Waals surface area contributed by atoms with Gasteiger partial charge in [-0.15, -0.1) is 0 Å². The van der Waals surface area contributed by atoms with Gasteiger partial charge in [0.1, 0.15) is 5.82 Å². The van der Waals surface area contributed by atoms with Crippen molar-refractivity contribution in [1.82, 2.24) is 10.6 Å². The molecule has 1 aliphatic carbocycles. The summed E-state index contributed by atoms with van der Waals surface area (Å²) in [5, 5.41) is 6.96. The molecule has 2 N–H and O–H groups in total. The van der Waals surface area contributed by atoms with Crippen LogP contribution in [0.3, 0.4) is 0 Å². The van der Waals surface area contributed by atoms with Gasteiger partial charge in [-0.25, -0.2) is 4.39 Å². The number of benzene rings is 1. The van der Waals surface area contributed by atoms with Crippen molar-refractivity contribution in [2.75, 3.05) is 13.1 Å². The van der Waals surface area contributed by atoms with Crippen molar-refractivity contribution in [3.05, 3.63) is 35.1 Å². The SMILES string of the molecule is Fc1ccc2c(c1)C(CNC1CC1)NCC2. The molecular formula is C13H17FN2. The Kier molecular flexibility index (Phi) is 2.65. The summed E-state index contributed by atoms with van der Waals surface area (Å²) in [4.78, 5) is 0. The third-order valence-corrected chi connectivity index (χ3v) is 3.46. The topological polar surface area (TPSA) is 24.1 Å². The van der Waals surface area contributed by atoms with Gasteiger partial charge in [0.2, 0.25) is 0 Å². The minimum Gasteiger partial charge on any atom is -0.312 e. The molecule has 1 heterocycles. The van der Waals surface area contributed by atoms with Gasteiger partial charge in [0.15, 0.2) is 0 Å². The standard InChI is InChI=1S/C13H17FN2/c14-10-2-1-9-5-6-15-13(12(9)7-10)8-16-11-3-4-11/h1-2,7,11,13,15-16H,3-6,8H2. The fourth-order valence-electron chi connectivity index (χ4n) is 2.36. The summed E-state index contributed by atoms with van der Waals surface area (Å²) in [7, 11) is 0. The molecule has 1 aromatic carbocycles. The fourth-order valence-corrected chi connectivity index (χ4v) is 2.36. The van der Waals surface area contributed by atoms with E-state index >= 15 is 0 Å². The first kappa shape index (κ1) is 10.2.